The molecule has 0 saturated carbocycles. The molecule has 1 aromatic heterocycles. The van der Waals surface area contributed by atoms with Crippen molar-refractivity contribution in [1.29, 1.82) is 0 Å². The van der Waals surface area contributed by atoms with E-state index in [0.717, 1.165) is 5.69 Å². The zero-order valence-corrected chi connectivity index (χ0v) is 9.63. The van der Waals surface area contributed by atoms with E-state index in [-0.39, 0.29) is 5.75 Å². The Bertz CT molecular complexity index is 508. The van der Waals surface area contributed by atoms with Gasteiger partial charge >= 0.3 is 0 Å². The second kappa shape index (κ2) is 4.88. The molecule has 0 saturated heterocycles. The zero-order chi connectivity index (χ0) is 12.3. The Kier molecular flexibility index (Phi) is 3.30. The molecular formula is C12H15N3O2. The number of nitrogens with zero attached hydrogens (tertiary/aromatic N) is 2. The molecule has 0 radical (unpaired) electrons. The molecule has 5 nitrogen and oxygen atoms in total. The highest BCUT2D eigenvalue weighted by molar-refractivity contribution is 5.42. The first kappa shape index (κ1) is 11.5. The molecule has 3 N–H and O–H groups in total. The van der Waals surface area contributed by atoms with Gasteiger partial charge in [-0.1, -0.05) is 12.1 Å². The maximum atomic E-state index is 9.60. The molecule has 0 atom stereocenters. The molecule has 0 aliphatic rings. The molecule has 1 heterocycles. The van der Waals surface area contributed by atoms with E-state index in [9.17, 15) is 5.11 Å². The number of phenols is 1. The summed E-state index contributed by atoms with van der Waals surface area (Å²) in [6.07, 6.45) is 1.62. The van der Waals surface area contributed by atoms with Crippen molar-refractivity contribution in [3.63, 3.8) is 0 Å². The Labute approximate surface area is 99.4 Å². The van der Waals surface area contributed by atoms with Gasteiger partial charge in [-0.05, 0) is 19.1 Å². The van der Waals surface area contributed by atoms with Crippen molar-refractivity contribution >= 4 is 0 Å². The largest absolute Gasteiger partial charge is 0.504 e. The number of aromatic hydroxyl groups is 1. The van der Waals surface area contributed by atoms with E-state index >= 15 is 0 Å². The van der Waals surface area contributed by atoms with Crippen molar-refractivity contribution in [2.24, 2.45) is 5.73 Å². The molecule has 17 heavy (non-hydrogen) atoms. The Balaban J connectivity index is 2.22. The number of hydrogen-bond donors (Lipinski definition) is 2. The van der Waals surface area contributed by atoms with E-state index in [0.29, 0.717) is 24.6 Å². The summed E-state index contributed by atoms with van der Waals surface area (Å²) in [7, 11) is 0. The Hall–Kier alpha value is -2.01. The molecule has 0 unspecified atom stereocenters. The van der Waals surface area contributed by atoms with Crippen LogP contribution in [0.5, 0.6) is 17.2 Å². The summed E-state index contributed by atoms with van der Waals surface area (Å²) in [4.78, 5) is 0. The zero-order valence-electron chi connectivity index (χ0n) is 9.63. The molecule has 0 spiro atoms. The smallest absolute Gasteiger partial charge is 0.169 e. The van der Waals surface area contributed by atoms with Crippen LogP contribution in [0.25, 0.3) is 0 Å². The van der Waals surface area contributed by atoms with E-state index in [1.54, 1.807) is 35.1 Å². The monoisotopic (exact) mass is 233 g/mol. The minimum absolute atomic E-state index is 0.110. The lowest BCUT2D eigenvalue weighted by Gasteiger charge is -2.07. The van der Waals surface area contributed by atoms with Gasteiger partial charge in [-0.3, -0.25) is 4.68 Å². The fourth-order valence-electron chi connectivity index (χ4n) is 1.54. The quantitative estimate of drug-likeness (QED) is 0.842. The predicted molar refractivity (Wildman–Crippen MR) is 64.2 cm³/mol. The Morgan fingerprint density at radius 2 is 2.12 bits per heavy atom. The molecule has 0 fully saturated rings. The number of phenolic OH excluding ortho intramolecular Hbond substituents is 1. The van der Waals surface area contributed by atoms with E-state index in [4.69, 9.17) is 10.5 Å². The van der Waals surface area contributed by atoms with Crippen LogP contribution in [0, 0.1) is 6.92 Å². The minimum atomic E-state index is 0.110. The van der Waals surface area contributed by atoms with Crippen LogP contribution in [0.4, 0.5) is 0 Å². The van der Waals surface area contributed by atoms with E-state index in [1.807, 2.05) is 6.92 Å². The third-order valence-corrected chi connectivity index (χ3v) is 2.48. The number of hydrogen-bond acceptors (Lipinski definition) is 4. The molecule has 0 bridgehead atoms. The van der Waals surface area contributed by atoms with Crippen LogP contribution in [0.1, 0.15) is 5.69 Å². The molecular weight excluding hydrogens is 218 g/mol. The summed E-state index contributed by atoms with van der Waals surface area (Å²) in [6, 6.07) is 6.83. The highest BCUT2D eigenvalue weighted by Crippen LogP contribution is 2.31. The van der Waals surface area contributed by atoms with Crippen LogP contribution in [0.2, 0.25) is 0 Å². The molecule has 2 rings (SSSR count). The van der Waals surface area contributed by atoms with E-state index < -0.39 is 0 Å². The second-order valence-corrected chi connectivity index (χ2v) is 3.68. The van der Waals surface area contributed by atoms with Gasteiger partial charge in [0.25, 0.3) is 0 Å². The first-order valence-corrected chi connectivity index (χ1v) is 5.40. The fraction of sp³-hybridized carbons (Fsp3) is 0.250. The average molecular weight is 233 g/mol. The van der Waals surface area contributed by atoms with Crippen LogP contribution in [0.3, 0.4) is 0 Å². The first-order valence-electron chi connectivity index (χ1n) is 5.40. The molecule has 0 aliphatic heterocycles. The maximum Gasteiger partial charge on any atom is 0.169 e. The first-order chi connectivity index (χ1) is 8.22. The van der Waals surface area contributed by atoms with Crippen molar-refractivity contribution in [3.8, 4) is 17.2 Å². The van der Waals surface area contributed by atoms with Crippen molar-refractivity contribution < 1.29 is 9.84 Å². The summed E-state index contributed by atoms with van der Waals surface area (Å²) < 4.78 is 7.37. The SMILES string of the molecule is Cc1c(Oc2ccccc2O)cnn1CCN. The second-order valence-electron chi connectivity index (χ2n) is 3.68. The third kappa shape index (κ3) is 2.39. The summed E-state index contributed by atoms with van der Waals surface area (Å²) in [6.45, 7) is 3.08. The van der Waals surface area contributed by atoms with Gasteiger partial charge in [0.2, 0.25) is 0 Å². The number of benzene rings is 1. The van der Waals surface area contributed by atoms with Gasteiger partial charge in [0, 0.05) is 6.54 Å². The number of ether oxygens (including phenoxy) is 1. The Morgan fingerprint density at radius 3 is 2.82 bits per heavy atom. The molecule has 0 aliphatic carbocycles. The number of nitrogens with two attached hydrogens (primary N) is 1. The average Bonchev–Trinajstić information content (AvgIpc) is 2.65. The van der Waals surface area contributed by atoms with E-state index in [1.165, 1.54) is 0 Å². The van der Waals surface area contributed by atoms with Gasteiger partial charge in [0.05, 0.1) is 18.4 Å². The number of rotatable bonds is 4. The van der Waals surface area contributed by atoms with Gasteiger partial charge in [-0.25, -0.2) is 0 Å². The van der Waals surface area contributed by atoms with Crippen molar-refractivity contribution in [3.05, 3.63) is 36.2 Å². The normalized spacial score (nSPS) is 10.5. The summed E-state index contributed by atoms with van der Waals surface area (Å²) >= 11 is 0. The standard InChI is InChI=1S/C12H15N3O2/c1-9-12(8-14-15(9)7-6-13)17-11-5-3-2-4-10(11)16/h2-5,8,16H,6-7,13H2,1H3. The highest BCUT2D eigenvalue weighted by atomic mass is 16.5. The van der Waals surface area contributed by atoms with Crippen LogP contribution < -0.4 is 10.5 Å². The summed E-state index contributed by atoms with van der Waals surface area (Å²) in [5, 5.41) is 13.8. The fourth-order valence-corrected chi connectivity index (χ4v) is 1.54. The lowest BCUT2D eigenvalue weighted by atomic mass is 10.3. The van der Waals surface area contributed by atoms with Crippen LogP contribution in [0.15, 0.2) is 30.5 Å². The topological polar surface area (TPSA) is 73.3 Å². The predicted octanol–water partition coefficient (Wildman–Crippen LogP) is 1.65. The van der Waals surface area contributed by atoms with Gasteiger partial charge in [0.15, 0.2) is 17.2 Å². The highest BCUT2D eigenvalue weighted by Gasteiger charge is 2.09. The van der Waals surface area contributed by atoms with Crippen molar-refractivity contribution in [2.75, 3.05) is 6.54 Å². The van der Waals surface area contributed by atoms with E-state index in [2.05, 4.69) is 5.10 Å². The van der Waals surface area contributed by atoms with Crippen molar-refractivity contribution in [2.45, 2.75) is 13.5 Å². The summed E-state index contributed by atoms with van der Waals surface area (Å²) in [5.74, 6) is 1.15. The van der Waals surface area contributed by atoms with Crippen LogP contribution in [-0.4, -0.2) is 21.4 Å². The lowest BCUT2D eigenvalue weighted by molar-refractivity contribution is 0.409. The Morgan fingerprint density at radius 1 is 1.35 bits per heavy atom. The minimum Gasteiger partial charge on any atom is -0.504 e. The lowest BCUT2D eigenvalue weighted by Crippen LogP contribution is -2.12. The molecule has 90 valence electrons. The molecule has 1 aromatic carbocycles. The number of para-hydroxylation sites is 2. The van der Waals surface area contributed by atoms with Crippen molar-refractivity contribution in [1.82, 2.24) is 9.78 Å². The van der Waals surface area contributed by atoms with Gasteiger partial charge in [-0.2, -0.15) is 5.10 Å². The van der Waals surface area contributed by atoms with Gasteiger partial charge in [0.1, 0.15) is 0 Å². The maximum absolute atomic E-state index is 9.60. The van der Waals surface area contributed by atoms with Gasteiger partial charge in [-0.15, -0.1) is 0 Å². The molecule has 5 heteroatoms. The molecule has 2 aromatic rings. The molecule has 0 amide bonds. The summed E-state index contributed by atoms with van der Waals surface area (Å²) in [5.41, 5.74) is 6.36. The number of aromatic nitrogens is 2. The third-order valence-electron chi connectivity index (χ3n) is 2.48. The van der Waals surface area contributed by atoms with Gasteiger partial charge < -0.3 is 15.6 Å². The van der Waals surface area contributed by atoms with Crippen LogP contribution in [-0.2, 0) is 6.54 Å². The van der Waals surface area contributed by atoms with Crippen LogP contribution >= 0.6 is 0 Å².